The van der Waals surface area contributed by atoms with Crippen LogP contribution in [0.2, 0.25) is 65.0 Å². The van der Waals surface area contributed by atoms with Crippen LogP contribution in [0.15, 0.2) is 0 Å². The second-order valence-electron chi connectivity index (χ2n) is 8.08. The van der Waals surface area contributed by atoms with Gasteiger partial charge < -0.3 is 13.3 Å². The van der Waals surface area contributed by atoms with Gasteiger partial charge in [0.2, 0.25) is 0 Å². The van der Waals surface area contributed by atoms with Crippen LogP contribution in [0.3, 0.4) is 0 Å². The Bertz CT molecular complexity index is 235. The summed E-state index contributed by atoms with van der Waals surface area (Å²) >= 11 is 0. The van der Waals surface area contributed by atoms with Crippen LogP contribution in [0.1, 0.15) is 6.42 Å². The average molecular weight is 339 g/mol. The molecule has 0 saturated heterocycles. The van der Waals surface area contributed by atoms with Gasteiger partial charge in [-0.3, -0.25) is 0 Å². The van der Waals surface area contributed by atoms with Crippen molar-refractivity contribution in [3.8, 4) is 0 Å². The summed E-state index contributed by atoms with van der Waals surface area (Å²) in [7, 11) is -4.01. The molecule has 0 aromatic heterocycles. The van der Waals surface area contributed by atoms with Crippen molar-refractivity contribution in [1.29, 1.82) is 0 Å². The molecule has 0 fully saturated rings. The minimum Gasteiger partial charge on any atom is -0.371 e. The zero-order valence-corrected chi connectivity index (χ0v) is 19.6. The van der Waals surface area contributed by atoms with Crippen LogP contribution in [-0.4, -0.2) is 41.2 Å². The van der Waals surface area contributed by atoms with E-state index in [1.54, 1.807) is 0 Å². The van der Waals surface area contributed by atoms with E-state index < -0.39 is 30.9 Å². The first-order chi connectivity index (χ1) is 8.18. The minimum absolute atomic E-state index is 0.777. The van der Waals surface area contributed by atoms with E-state index in [1.165, 1.54) is 0 Å². The van der Waals surface area contributed by atoms with Gasteiger partial charge in [0.25, 0.3) is 5.97 Å². The predicted octanol–water partition coefficient (Wildman–Crippen LogP) is 3.37. The highest BCUT2D eigenvalue weighted by atomic mass is 28.4. The Kier molecular flexibility index (Phi) is 6.94. The van der Waals surface area contributed by atoms with Gasteiger partial charge >= 0.3 is 0 Å². The van der Waals surface area contributed by atoms with Crippen LogP contribution >= 0.6 is 0 Å². The highest BCUT2D eigenvalue weighted by molar-refractivity contribution is 6.72. The molecule has 0 amide bonds. The van der Waals surface area contributed by atoms with Crippen molar-refractivity contribution >= 4 is 35.2 Å². The Morgan fingerprint density at radius 2 is 0.947 bits per heavy atom. The van der Waals surface area contributed by atoms with Gasteiger partial charge in [0.05, 0.1) is 0 Å². The molecule has 0 saturated carbocycles. The van der Waals surface area contributed by atoms with Gasteiger partial charge in [-0.1, -0.05) is 6.04 Å². The maximum Gasteiger partial charge on any atom is 0.254 e. The lowest BCUT2D eigenvalue weighted by Gasteiger charge is -2.45. The topological polar surface area (TPSA) is 27.7 Å². The summed E-state index contributed by atoms with van der Waals surface area (Å²) in [5.41, 5.74) is 0. The molecule has 0 aliphatic rings. The second kappa shape index (κ2) is 6.67. The minimum atomic E-state index is -1.72. The highest BCUT2D eigenvalue weighted by Gasteiger charge is 2.44. The van der Waals surface area contributed by atoms with E-state index in [2.05, 4.69) is 58.9 Å². The van der Waals surface area contributed by atoms with Crippen LogP contribution in [0.4, 0.5) is 0 Å². The molecular weight excluding hydrogens is 304 g/mol. The van der Waals surface area contributed by atoms with E-state index in [9.17, 15) is 0 Å². The maximum absolute atomic E-state index is 6.40. The third-order valence-corrected chi connectivity index (χ3v) is 5.21. The standard InChI is InChI=1S/C12H34O3Si4/c1-17(2,3)13-12(10-11-16,14-18(4,5)6)15-19(7,8)9/h10-11H2,1-9,16H3. The van der Waals surface area contributed by atoms with E-state index in [0.29, 0.717) is 0 Å². The summed E-state index contributed by atoms with van der Waals surface area (Å²) in [6, 6.07) is 1.14. The molecule has 19 heavy (non-hydrogen) atoms. The van der Waals surface area contributed by atoms with Gasteiger partial charge in [-0.2, -0.15) is 0 Å². The first kappa shape index (κ1) is 19.7. The molecule has 0 aromatic rings. The zero-order chi connectivity index (χ0) is 15.5. The lowest BCUT2D eigenvalue weighted by atomic mass is 10.4. The quantitative estimate of drug-likeness (QED) is 0.501. The summed E-state index contributed by atoms with van der Waals surface area (Å²) < 4.78 is 19.2. The Morgan fingerprint density at radius 1 is 0.684 bits per heavy atom. The maximum atomic E-state index is 6.40. The van der Waals surface area contributed by atoms with E-state index >= 15 is 0 Å². The highest BCUT2D eigenvalue weighted by Crippen LogP contribution is 2.32. The Hall–Kier alpha value is 0.748. The van der Waals surface area contributed by atoms with Crippen LogP contribution in [0.25, 0.3) is 0 Å². The number of hydrogen-bond donors (Lipinski definition) is 0. The molecular formula is C12H34O3Si4. The molecule has 0 heterocycles. The van der Waals surface area contributed by atoms with E-state index in [1.807, 2.05) is 0 Å². The fourth-order valence-corrected chi connectivity index (χ4v) is 6.14. The molecule has 0 unspecified atom stereocenters. The molecule has 0 bridgehead atoms. The summed E-state index contributed by atoms with van der Waals surface area (Å²) in [5, 5.41) is 0. The van der Waals surface area contributed by atoms with Gasteiger partial charge in [0, 0.05) is 16.7 Å². The molecule has 0 aliphatic heterocycles. The Balaban J connectivity index is 5.34. The molecule has 0 atom stereocenters. The van der Waals surface area contributed by atoms with E-state index in [4.69, 9.17) is 13.3 Å². The van der Waals surface area contributed by atoms with Crippen molar-refractivity contribution in [2.45, 2.75) is 77.4 Å². The monoisotopic (exact) mass is 338 g/mol. The molecule has 7 heteroatoms. The molecule has 0 rings (SSSR count). The molecule has 0 N–H and O–H groups in total. The van der Waals surface area contributed by atoms with Gasteiger partial charge in [0.15, 0.2) is 25.0 Å². The summed E-state index contributed by atoms with van der Waals surface area (Å²) in [4.78, 5) is 0. The Labute approximate surface area is 126 Å². The molecule has 116 valence electrons. The van der Waals surface area contributed by atoms with E-state index in [-0.39, 0.29) is 0 Å². The van der Waals surface area contributed by atoms with Gasteiger partial charge in [-0.05, 0) is 58.9 Å². The third-order valence-electron chi connectivity index (χ3n) is 1.94. The Morgan fingerprint density at radius 3 is 1.11 bits per heavy atom. The first-order valence-corrected chi connectivity index (χ1v) is 18.9. The molecule has 0 spiro atoms. The molecule has 0 radical (unpaired) electrons. The fourth-order valence-electron chi connectivity index (χ4n) is 1.92. The van der Waals surface area contributed by atoms with Crippen molar-refractivity contribution in [3.05, 3.63) is 0 Å². The smallest absolute Gasteiger partial charge is 0.254 e. The van der Waals surface area contributed by atoms with Crippen molar-refractivity contribution in [1.82, 2.24) is 0 Å². The normalized spacial score (nSPS) is 15.0. The average Bonchev–Trinajstić information content (AvgIpc) is 1.90. The van der Waals surface area contributed by atoms with Gasteiger partial charge in [-0.15, -0.1) is 0 Å². The first-order valence-electron chi connectivity index (χ1n) is 7.29. The SMILES string of the molecule is C[Si](C)(C)OC(CC[SiH3])(O[Si](C)(C)C)O[Si](C)(C)C. The van der Waals surface area contributed by atoms with Crippen molar-refractivity contribution < 1.29 is 13.3 Å². The van der Waals surface area contributed by atoms with Crippen molar-refractivity contribution in [2.75, 3.05) is 0 Å². The largest absolute Gasteiger partial charge is 0.371 e. The summed E-state index contributed by atoms with van der Waals surface area (Å²) in [6.45, 7) is 19.8. The lowest BCUT2D eigenvalue weighted by Crippen LogP contribution is -2.55. The van der Waals surface area contributed by atoms with Crippen molar-refractivity contribution in [3.63, 3.8) is 0 Å². The van der Waals surface area contributed by atoms with Gasteiger partial charge in [0.1, 0.15) is 0 Å². The van der Waals surface area contributed by atoms with Crippen molar-refractivity contribution in [2.24, 2.45) is 0 Å². The number of hydrogen-bond acceptors (Lipinski definition) is 3. The molecule has 0 aliphatic carbocycles. The summed E-state index contributed by atoms with van der Waals surface area (Å²) in [6.07, 6.45) is 0.873. The van der Waals surface area contributed by atoms with E-state index in [0.717, 1.165) is 22.7 Å². The van der Waals surface area contributed by atoms with Crippen LogP contribution in [0, 0.1) is 0 Å². The predicted molar refractivity (Wildman–Crippen MR) is 95.4 cm³/mol. The van der Waals surface area contributed by atoms with Crippen LogP contribution in [0.5, 0.6) is 0 Å². The molecule has 3 nitrogen and oxygen atoms in total. The third kappa shape index (κ3) is 10.2. The number of rotatable bonds is 8. The summed E-state index contributed by atoms with van der Waals surface area (Å²) in [5.74, 6) is -0.777. The van der Waals surface area contributed by atoms with Gasteiger partial charge in [-0.25, -0.2) is 0 Å². The zero-order valence-electron chi connectivity index (χ0n) is 14.6. The lowest BCUT2D eigenvalue weighted by molar-refractivity contribution is -0.271. The van der Waals surface area contributed by atoms with Crippen LogP contribution < -0.4 is 0 Å². The van der Waals surface area contributed by atoms with Crippen LogP contribution in [-0.2, 0) is 13.3 Å². The fraction of sp³-hybridized carbons (Fsp3) is 1.00. The second-order valence-corrected chi connectivity index (χ2v) is 22.4. The molecule has 0 aromatic carbocycles.